The minimum Gasteiger partial charge on any atom is -0.469 e. The summed E-state index contributed by atoms with van der Waals surface area (Å²) in [5.41, 5.74) is 3.17. The van der Waals surface area contributed by atoms with Crippen LogP contribution in [0.15, 0.2) is 60.7 Å². The molecular formula is C21H20N6O2. The molecule has 0 fully saturated rings. The Labute approximate surface area is 167 Å². The van der Waals surface area contributed by atoms with Crippen molar-refractivity contribution in [2.24, 2.45) is 0 Å². The molecule has 4 aromatic rings. The maximum Gasteiger partial charge on any atom is 0.307 e. The third-order valence-corrected chi connectivity index (χ3v) is 4.42. The topological polar surface area (TPSA) is 94.8 Å². The standard InChI is InChI=1S/C21H20N6O2/c1-29-17(28)12-13-22-20-18-21(24-19(23-20)16-10-6-3-7-11-16)27(26-25-18)14-15-8-4-2-5-9-15/h2-11H,12-14H2,1H3,(H,22,23,24). The molecule has 1 N–H and O–H groups in total. The summed E-state index contributed by atoms with van der Waals surface area (Å²) in [4.78, 5) is 20.8. The van der Waals surface area contributed by atoms with E-state index in [0.29, 0.717) is 35.9 Å². The number of aromatic nitrogens is 5. The smallest absolute Gasteiger partial charge is 0.307 e. The van der Waals surface area contributed by atoms with Crippen molar-refractivity contribution in [3.05, 3.63) is 66.2 Å². The number of rotatable bonds is 7. The van der Waals surface area contributed by atoms with Crippen molar-refractivity contribution in [2.75, 3.05) is 19.0 Å². The molecule has 0 radical (unpaired) electrons. The van der Waals surface area contributed by atoms with E-state index in [1.807, 2.05) is 60.7 Å². The lowest BCUT2D eigenvalue weighted by atomic mass is 10.2. The van der Waals surface area contributed by atoms with Gasteiger partial charge in [0, 0.05) is 12.1 Å². The van der Waals surface area contributed by atoms with Crippen molar-refractivity contribution >= 4 is 23.0 Å². The van der Waals surface area contributed by atoms with Crippen molar-refractivity contribution in [1.29, 1.82) is 0 Å². The number of esters is 1. The number of methoxy groups -OCH3 is 1. The summed E-state index contributed by atoms with van der Waals surface area (Å²) < 4.78 is 6.45. The average Bonchev–Trinajstić information content (AvgIpc) is 3.17. The number of ether oxygens (including phenoxy) is 1. The zero-order valence-electron chi connectivity index (χ0n) is 15.9. The number of nitrogens with one attached hydrogen (secondary N) is 1. The van der Waals surface area contributed by atoms with E-state index in [2.05, 4.69) is 20.6 Å². The van der Waals surface area contributed by atoms with Crippen molar-refractivity contribution < 1.29 is 9.53 Å². The van der Waals surface area contributed by atoms with Crippen LogP contribution in [0.1, 0.15) is 12.0 Å². The van der Waals surface area contributed by atoms with E-state index in [-0.39, 0.29) is 12.4 Å². The third kappa shape index (κ3) is 4.21. The molecule has 4 rings (SSSR count). The van der Waals surface area contributed by atoms with Crippen LogP contribution in [-0.4, -0.2) is 44.6 Å². The first-order valence-electron chi connectivity index (χ1n) is 9.26. The number of nitrogens with zero attached hydrogens (tertiary/aromatic N) is 5. The van der Waals surface area contributed by atoms with Crippen molar-refractivity contribution in [2.45, 2.75) is 13.0 Å². The van der Waals surface area contributed by atoms with Crippen LogP contribution in [0.5, 0.6) is 0 Å². The summed E-state index contributed by atoms with van der Waals surface area (Å²) in [7, 11) is 1.37. The Morgan fingerprint density at radius 1 is 1.03 bits per heavy atom. The van der Waals surface area contributed by atoms with E-state index in [0.717, 1.165) is 11.1 Å². The SMILES string of the molecule is COC(=O)CCNc1nc(-c2ccccc2)nc2c1nnn2Cc1ccccc1. The number of carbonyl (C=O) groups excluding carboxylic acids is 1. The van der Waals surface area contributed by atoms with Crippen LogP contribution in [0, 0.1) is 0 Å². The van der Waals surface area contributed by atoms with Gasteiger partial charge in [0.05, 0.1) is 20.1 Å². The van der Waals surface area contributed by atoms with E-state index in [1.165, 1.54) is 7.11 Å². The molecule has 2 heterocycles. The molecule has 8 nitrogen and oxygen atoms in total. The quantitative estimate of drug-likeness (QED) is 0.486. The van der Waals surface area contributed by atoms with Gasteiger partial charge in [-0.05, 0) is 5.56 Å². The van der Waals surface area contributed by atoms with Crippen LogP contribution in [0.2, 0.25) is 0 Å². The fraction of sp³-hybridized carbons (Fsp3) is 0.190. The molecule has 0 aliphatic heterocycles. The Bertz CT molecular complexity index is 1110. The number of hydrogen-bond acceptors (Lipinski definition) is 7. The number of benzene rings is 2. The number of carbonyl (C=O) groups is 1. The number of hydrogen-bond donors (Lipinski definition) is 1. The molecule has 0 saturated heterocycles. The molecule has 0 saturated carbocycles. The van der Waals surface area contributed by atoms with Crippen LogP contribution < -0.4 is 5.32 Å². The molecule has 0 aliphatic carbocycles. The summed E-state index contributed by atoms with van der Waals surface area (Å²) in [6, 6.07) is 19.7. The van der Waals surface area contributed by atoms with Gasteiger partial charge in [-0.1, -0.05) is 65.9 Å². The fourth-order valence-corrected chi connectivity index (χ4v) is 2.94. The summed E-state index contributed by atoms with van der Waals surface area (Å²) in [5, 5.41) is 11.7. The highest BCUT2D eigenvalue weighted by Crippen LogP contribution is 2.23. The number of fused-ring (bicyclic) bond motifs is 1. The molecule has 0 bridgehead atoms. The molecule has 2 aromatic carbocycles. The average molecular weight is 388 g/mol. The second-order valence-corrected chi connectivity index (χ2v) is 6.42. The predicted molar refractivity (Wildman–Crippen MR) is 109 cm³/mol. The summed E-state index contributed by atoms with van der Waals surface area (Å²) in [5.74, 6) is 0.811. The lowest BCUT2D eigenvalue weighted by molar-refractivity contribution is -0.140. The highest BCUT2D eigenvalue weighted by atomic mass is 16.5. The van der Waals surface area contributed by atoms with E-state index in [1.54, 1.807) is 4.68 Å². The fourth-order valence-electron chi connectivity index (χ4n) is 2.94. The van der Waals surface area contributed by atoms with E-state index >= 15 is 0 Å². The maximum absolute atomic E-state index is 11.4. The van der Waals surface area contributed by atoms with Gasteiger partial charge in [-0.15, -0.1) is 5.10 Å². The molecule has 2 aromatic heterocycles. The first-order chi connectivity index (χ1) is 14.2. The van der Waals surface area contributed by atoms with Crippen molar-refractivity contribution in [3.63, 3.8) is 0 Å². The van der Waals surface area contributed by atoms with Crippen molar-refractivity contribution in [1.82, 2.24) is 25.0 Å². The van der Waals surface area contributed by atoms with Gasteiger partial charge in [-0.3, -0.25) is 4.79 Å². The monoisotopic (exact) mass is 388 g/mol. The van der Waals surface area contributed by atoms with Crippen LogP contribution >= 0.6 is 0 Å². The lowest BCUT2D eigenvalue weighted by Crippen LogP contribution is -2.11. The maximum atomic E-state index is 11.4. The molecule has 146 valence electrons. The lowest BCUT2D eigenvalue weighted by Gasteiger charge is -2.09. The first kappa shape index (κ1) is 18.5. The zero-order chi connectivity index (χ0) is 20.1. The third-order valence-electron chi connectivity index (χ3n) is 4.42. The second kappa shape index (κ2) is 8.47. The Balaban J connectivity index is 1.73. The molecule has 0 spiro atoms. The summed E-state index contributed by atoms with van der Waals surface area (Å²) >= 11 is 0. The van der Waals surface area contributed by atoms with Gasteiger partial charge in [0.2, 0.25) is 0 Å². The molecule has 29 heavy (non-hydrogen) atoms. The highest BCUT2D eigenvalue weighted by Gasteiger charge is 2.16. The molecule has 8 heteroatoms. The normalized spacial score (nSPS) is 10.8. The molecule has 0 aliphatic rings. The van der Waals surface area contributed by atoms with Gasteiger partial charge in [-0.2, -0.15) is 0 Å². The van der Waals surface area contributed by atoms with Gasteiger partial charge in [0.1, 0.15) is 0 Å². The Morgan fingerprint density at radius 2 is 1.76 bits per heavy atom. The summed E-state index contributed by atoms with van der Waals surface area (Å²) in [6.07, 6.45) is 0.223. The number of anilines is 1. The van der Waals surface area contributed by atoms with Crippen LogP contribution in [-0.2, 0) is 16.1 Å². The Morgan fingerprint density at radius 3 is 2.48 bits per heavy atom. The van der Waals surface area contributed by atoms with E-state index in [9.17, 15) is 4.79 Å². The van der Waals surface area contributed by atoms with Crippen LogP contribution in [0.25, 0.3) is 22.6 Å². The predicted octanol–water partition coefficient (Wildman–Crippen LogP) is 2.91. The minimum absolute atomic E-state index is 0.223. The molecular weight excluding hydrogens is 368 g/mol. The van der Waals surface area contributed by atoms with Gasteiger partial charge in [-0.25, -0.2) is 14.6 Å². The highest BCUT2D eigenvalue weighted by molar-refractivity contribution is 5.84. The van der Waals surface area contributed by atoms with Gasteiger partial charge < -0.3 is 10.1 Å². The van der Waals surface area contributed by atoms with Gasteiger partial charge >= 0.3 is 5.97 Å². The molecule has 0 amide bonds. The van der Waals surface area contributed by atoms with Crippen molar-refractivity contribution in [3.8, 4) is 11.4 Å². The summed E-state index contributed by atoms with van der Waals surface area (Å²) in [6.45, 7) is 0.919. The minimum atomic E-state index is -0.293. The van der Waals surface area contributed by atoms with Crippen LogP contribution in [0.3, 0.4) is 0 Å². The van der Waals surface area contributed by atoms with Gasteiger partial charge in [0.25, 0.3) is 0 Å². The second-order valence-electron chi connectivity index (χ2n) is 6.42. The van der Waals surface area contributed by atoms with Gasteiger partial charge in [0.15, 0.2) is 22.8 Å². The Kier molecular flexibility index (Phi) is 5.42. The van der Waals surface area contributed by atoms with E-state index in [4.69, 9.17) is 9.72 Å². The van der Waals surface area contributed by atoms with Crippen LogP contribution in [0.4, 0.5) is 5.82 Å². The molecule has 0 unspecified atom stereocenters. The molecule has 0 atom stereocenters. The first-order valence-corrected chi connectivity index (χ1v) is 9.26. The van der Waals surface area contributed by atoms with E-state index < -0.39 is 0 Å². The zero-order valence-corrected chi connectivity index (χ0v) is 15.9. The largest absolute Gasteiger partial charge is 0.469 e. The Hall–Kier alpha value is -3.81.